The summed E-state index contributed by atoms with van der Waals surface area (Å²) in [5.74, 6) is 7.22. The van der Waals surface area contributed by atoms with Gasteiger partial charge in [0.25, 0.3) is 0 Å². The van der Waals surface area contributed by atoms with Gasteiger partial charge in [-0.2, -0.15) is 0 Å². The Kier molecular flexibility index (Phi) is 17.4. The van der Waals surface area contributed by atoms with Crippen LogP contribution < -0.4 is 29.6 Å². The minimum Gasteiger partial charge on any atom is -0.748 e. The van der Waals surface area contributed by atoms with Crippen molar-refractivity contribution >= 4 is 32.7 Å². The Morgan fingerprint density at radius 1 is 0.581 bits per heavy atom. The standard InChI is InChI=1S/C26H45IO2.C26H46O5S.Na/c1-5-18-22-15-17(28)10-12-26(22,4)21-11-13-25(3)19(16(2)7-6-14-27)8-9-20(25)23(21)24(18)29;1-5-18-22-15-17(27)10-12-26(22,4)21-11-13-25(3)19(8-9-20(25)23(21)24(18)28)16(2)7-6-14-32(29,30)31;/h16-24,28-29H,5-15H2,1-4H3;16-24,27-28H,5-15H2,1-4H3,(H,29,30,31);/q;;+1/p-1/t2*16-,17-,18-,19-,20+,21+,22+,23+,24-,25-,26-;/m11./s1. The maximum atomic E-state index is 11.7. The molecule has 0 unspecified atom stereocenters. The molecule has 0 radical (unpaired) electrons. The van der Waals surface area contributed by atoms with Gasteiger partial charge in [-0.05, 0) is 225 Å². The van der Waals surface area contributed by atoms with Crippen LogP contribution in [0.2, 0.25) is 0 Å². The average molecular weight is 1010 g/mol. The van der Waals surface area contributed by atoms with Gasteiger partial charge in [0.05, 0.1) is 34.5 Å². The third-order valence-corrected chi connectivity index (χ3v) is 23.7. The van der Waals surface area contributed by atoms with Crippen molar-refractivity contribution < 1.29 is 63.0 Å². The smallest absolute Gasteiger partial charge is 0.748 e. The van der Waals surface area contributed by atoms with Gasteiger partial charge >= 0.3 is 29.6 Å². The van der Waals surface area contributed by atoms with Crippen LogP contribution in [0.5, 0.6) is 0 Å². The first-order valence-electron chi connectivity index (χ1n) is 25.9. The molecule has 354 valence electrons. The van der Waals surface area contributed by atoms with Gasteiger partial charge in [0.2, 0.25) is 0 Å². The van der Waals surface area contributed by atoms with Crippen LogP contribution in [0.3, 0.4) is 0 Å². The van der Waals surface area contributed by atoms with Gasteiger partial charge in [0, 0.05) is 5.75 Å². The summed E-state index contributed by atoms with van der Waals surface area (Å²) in [6.07, 6.45) is 21.2. The number of aliphatic hydroxyl groups excluding tert-OH is 4. The molecule has 8 rings (SSSR count). The van der Waals surface area contributed by atoms with Crippen molar-refractivity contribution in [2.45, 2.75) is 208 Å². The van der Waals surface area contributed by atoms with Crippen LogP contribution in [0, 0.1) is 105 Å². The molecule has 8 aliphatic rings. The number of fused-ring (bicyclic) bond motifs is 10. The number of aliphatic hydroxyl groups is 4. The minimum absolute atomic E-state index is 0. The Labute approximate surface area is 415 Å². The number of halogens is 1. The van der Waals surface area contributed by atoms with Gasteiger partial charge in [-0.1, -0.05) is 90.8 Å². The molecule has 8 aliphatic carbocycles. The van der Waals surface area contributed by atoms with Crippen molar-refractivity contribution in [2.75, 3.05) is 10.2 Å². The van der Waals surface area contributed by atoms with Crippen LogP contribution in [0.4, 0.5) is 0 Å². The zero-order valence-electron chi connectivity index (χ0n) is 40.7. The van der Waals surface area contributed by atoms with E-state index in [1.165, 1.54) is 55.8 Å². The Morgan fingerprint density at radius 2 is 0.952 bits per heavy atom. The van der Waals surface area contributed by atoms with Crippen LogP contribution in [-0.4, -0.2) is 68.0 Å². The second-order valence-electron chi connectivity index (χ2n) is 24.4. The first-order valence-corrected chi connectivity index (χ1v) is 29.0. The van der Waals surface area contributed by atoms with Crippen molar-refractivity contribution in [3.8, 4) is 0 Å². The normalized spacial score (nSPS) is 50.5. The summed E-state index contributed by atoms with van der Waals surface area (Å²) < 4.78 is 34.4. The van der Waals surface area contributed by atoms with Gasteiger partial charge in [-0.25, -0.2) is 8.42 Å². The maximum Gasteiger partial charge on any atom is 1.00 e. The van der Waals surface area contributed by atoms with Gasteiger partial charge in [0.1, 0.15) is 0 Å². The number of hydrogen-bond donors (Lipinski definition) is 4. The van der Waals surface area contributed by atoms with E-state index in [0.29, 0.717) is 82.3 Å². The SMILES string of the molecule is CC[C@H]1[C@@H](O)[C@@H]2[C@H](CC[C@]3(C)[C@@H]([C@H](C)CCCI)CC[C@@H]23)[C@@]2(C)CC[C@@H](O)C[C@@H]12.CC[C@H]1[C@@H](O)[C@@H]2[C@H](CC[C@]3(C)[C@@H]([C@H](C)CCCS(=O)(=O)[O-])CC[C@@H]23)[C@@]2(C)CC[C@@H](O)C[C@@H]12.[Na+]. The fourth-order valence-corrected chi connectivity index (χ4v) is 20.2. The third kappa shape index (κ3) is 9.42. The van der Waals surface area contributed by atoms with Gasteiger partial charge in [-0.15, -0.1) is 0 Å². The van der Waals surface area contributed by atoms with Gasteiger partial charge in [0.15, 0.2) is 0 Å². The molecule has 8 fully saturated rings. The largest absolute Gasteiger partial charge is 1.00 e. The van der Waals surface area contributed by atoms with Crippen molar-refractivity contribution in [3.63, 3.8) is 0 Å². The fraction of sp³-hybridized carbons (Fsp3) is 1.00. The van der Waals surface area contributed by atoms with Crippen LogP contribution >= 0.6 is 22.6 Å². The van der Waals surface area contributed by atoms with E-state index in [1.807, 2.05) is 0 Å². The van der Waals surface area contributed by atoms with Crippen LogP contribution in [0.25, 0.3) is 0 Å². The molecular weight excluding hydrogens is 919 g/mol. The topological polar surface area (TPSA) is 138 Å². The Bertz CT molecular complexity index is 1600. The zero-order chi connectivity index (χ0) is 44.4. The maximum absolute atomic E-state index is 11.7. The molecule has 4 N–H and O–H groups in total. The summed E-state index contributed by atoms with van der Waals surface area (Å²) in [6.45, 7) is 19.3. The summed E-state index contributed by atoms with van der Waals surface area (Å²) in [4.78, 5) is 0. The quantitative estimate of drug-likeness (QED) is 0.0712. The summed E-state index contributed by atoms with van der Waals surface area (Å²) in [5.41, 5.74) is 1.17. The molecular formula is C52H90INaO7S. The monoisotopic (exact) mass is 1010 g/mol. The van der Waals surface area contributed by atoms with E-state index in [0.717, 1.165) is 82.5 Å². The van der Waals surface area contributed by atoms with Crippen LogP contribution in [0.1, 0.15) is 184 Å². The molecule has 0 bridgehead atoms. The Balaban J connectivity index is 0.000000204. The summed E-state index contributed by atoms with van der Waals surface area (Å²) in [6, 6.07) is 0. The predicted molar refractivity (Wildman–Crippen MR) is 254 cm³/mol. The van der Waals surface area contributed by atoms with E-state index in [2.05, 4.69) is 78.0 Å². The molecule has 0 aromatic rings. The average Bonchev–Trinajstić information content (AvgIpc) is 3.75. The van der Waals surface area contributed by atoms with Crippen LogP contribution in [0.15, 0.2) is 0 Å². The first-order chi connectivity index (χ1) is 28.7. The Morgan fingerprint density at radius 3 is 1.32 bits per heavy atom. The van der Waals surface area contributed by atoms with E-state index >= 15 is 0 Å². The summed E-state index contributed by atoms with van der Waals surface area (Å²) in [5, 5.41) is 44.3. The van der Waals surface area contributed by atoms with Crippen molar-refractivity contribution in [2.24, 2.45) is 105 Å². The number of hydrogen-bond acceptors (Lipinski definition) is 7. The van der Waals surface area contributed by atoms with Crippen molar-refractivity contribution in [3.05, 3.63) is 0 Å². The zero-order valence-corrected chi connectivity index (χ0v) is 45.7. The first kappa shape index (κ1) is 52.8. The molecule has 0 aromatic heterocycles. The van der Waals surface area contributed by atoms with Crippen molar-refractivity contribution in [1.82, 2.24) is 0 Å². The Hall–Kier alpha value is 1.48. The van der Waals surface area contributed by atoms with Gasteiger partial charge < -0.3 is 25.0 Å². The second kappa shape index (κ2) is 20.4. The van der Waals surface area contributed by atoms with Crippen LogP contribution in [-0.2, 0) is 10.1 Å². The number of rotatable bonds is 11. The van der Waals surface area contributed by atoms with E-state index in [4.69, 9.17) is 0 Å². The van der Waals surface area contributed by atoms with E-state index in [9.17, 15) is 33.4 Å². The molecule has 0 amide bonds. The molecule has 0 spiro atoms. The van der Waals surface area contributed by atoms with Gasteiger partial charge in [-0.3, -0.25) is 0 Å². The number of alkyl halides is 1. The van der Waals surface area contributed by atoms with Crippen molar-refractivity contribution in [1.29, 1.82) is 0 Å². The molecule has 8 saturated carbocycles. The fourth-order valence-electron chi connectivity index (χ4n) is 19.2. The van der Waals surface area contributed by atoms with E-state index in [1.54, 1.807) is 0 Å². The molecule has 0 aromatic carbocycles. The molecule has 0 aliphatic heterocycles. The predicted octanol–water partition coefficient (Wildman–Crippen LogP) is 8.04. The van der Waals surface area contributed by atoms with E-state index < -0.39 is 10.1 Å². The second-order valence-corrected chi connectivity index (χ2v) is 27.0. The van der Waals surface area contributed by atoms with E-state index in [-0.39, 0.29) is 76.5 Å². The molecule has 7 nitrogen and oxygen atoms in total. The molecule has 22 atom stereocenters. The molecule has 62 heavy (non-hydrogen) atoms. The third-order valence-electron chi connectivity index (χ3n) is 22.1. The molecule has 0 saturated heterocycles. The summed E-state index contributed by atoms with van der Waals surface area (Å²) >= 11 is 2.53. The molecule has 10 heteroatoms. The molecule has 0 heterocycles. The summed E-state index contributed by atoms with van der Waals surface area (Å²) in [7, 11) is -4.14. The minimum atomic E-state index is -4.14.